The number of rotatable bonds is 7. The van der Waals surface area contributed by atoms with Gasteiger partial charge in [-0.15, -0.1) is 0 Å². The summed E-state index contributed by atoms with van der Waals surface area (Å²) in [7, 11) is 0. The van der Waals surface area contributed by atoms with Crippen molar-refractivity contribution in [3.8, 4) is 5.69 Å². The van der Waals surface area contributed by atoms with Gasteiger partial charge in [-0.2, -0.15) is 5.10 Å². The first kappa shape index (κ1) is 20.6. The molecule has 0 saturated carbocycles. The molecule has 0 aliphatic heterocycles. The molecule has 2 heterocycles. The molecule has 0 saturated heterocycles. The predicted molar refractivity (Wildman–Crippen MR) is 119 cm³/mol. The molecule has 0 atom stereocenters. The molecule has 0 aliphatic rings. The van der Waals surface area contributed by atoms with Gasteiger partial charge in [0.15, 0.2) is 0 Å². The van der Waals surface area contributed by atoms with Crippen LogP contribution in [0.4, 0.5) is 0 Å². The molecule has 0 bridgehead atoms. The zero-order valence-corrected chi connectivity index (χ0v) is 18.0. The predicted octanol–water partition coefficient (Wildman–Crippen LogP) is 4.09. The molecule has 0 unspecified atom stereocenters. The summed E-state index contributed by atoms with van der Waals surface area (Å²) in [6, 6.07) is 18.3. The number of halogens is 1. The van der Waals surface area contributed by atoms with E-state index in [-0.39, 0.29) is 11.8 Å². The lowest BCUT2D eigenvalue weighted by Gasteiger charge is -2.07. The second-order valence-corrected chi connectivity index (χ2v) is 7.71. The molecule has 8 heteroatoms. The minimum Gasteiger partial charge on any atom is -0.467 e. The normalized spacial score (nSPS) is 10.6. The van der Waals surface area contributed by atoms with Crippen LogP contribution in [-0.2, 0) is 13.1 Å². The van der Waals surface area contributed by atoms with Crippen molar-refractivity contribution in [3.63, 3.8) is 0 Å². The van der Waals surface area contributed by atoms with Crippen molar-refractivity contribution in [1.29, 1.82) is 0 Å². The third-order valence-electron chi connectivity index (χ3n) is 4.58. The average Bonchev–Trinajstić information content (AvgIpc) is 3.49. The van der Waals surface area contributed by atoms with Crippen molar-refractivity contribution < 1.29 is 14.0 Å². The third-order valence-corrected chi connectivity index (χ3v) is 5.11. The van der Waals surface area contributed by atoms with E-state index in [9.17, 15) is 9.59 Å². The van der Waals surface area contributed by atoms with Crippen molar-refractivity contribution in [2.24, 2.45) is 0 Å². The maximum atomic E-state index is 12.5. The lowest BCUT2D eigenvalue weighted by Crippen LogP contribution is -2.24. The highest BCUT2D eigenvalue weighted by Gasteiger charge is 2.11. The van der Waals surface area contributed by atoms with Gasteiger partial charge < -0.3 is 15.1 Å². The molecule has 0 spiro atoms. The lowest BCUT2D eigenvalue weighted by atomic mass is 10.1. The highest BCUT2D eigenvalue weighted by atomic mass is 79.9. The van der Waals surface area contributed by atoms with E-state index >= 15 is 0 Å². The molecule has 31 heavy (non-hydrogen) atoms. The van der Waals surface area contributed by atoms with Crippen molar-refractivity contribution in [3.05, 3.63) is 106 Å². The van der Waals surface area contributed by atoms with E-state index in [2.05, 4.69) is 31.7 Å². The van der Waals surface area contributed by atoms with Crippen molar-refractivity contribution in [1.82, 2.24) is 20.4 Å². The number of nitrogens with one attached hydrogen (secondary N) is 2. The Labute approximate surface area is 187 Å². The Morgan fingerprint density at radius 2 is 1.71 bits per heavy atom. The van der Waals surface area contributed by atoms with Gasteiger partial charge in [0.1, 0.15) is 5.76 Å². The Kier molecular flexibility index (Phi) is 6.28. The number of aromatic nitrogens is 2. The van der Waals surface area contributed by atoms with Gasteiger partial charge in [0.05, 0.1) is 30.3 Å². The van der Waals surface area contributed by atoms with Crippen LogP contribution in [0.1, 0.15) is 32.0 Å². The Hall–Kier alpha value is -3.65. The molecule has 4 aromatic rings. The summed E-state index contributed by atoms with van der Waals surface area (Å²) in [5.41, 5.74) is 2.64. The van der Waals surface area contributed by atoms with Gasteiger partial charge in [0, 0.05) is 22.8 Å². The van der Waals surface area contributed by atoms with Crippen molar-refractivity contribution >= 4 is 27.7 Å². The second kappa shape index (κ2) is 9.44. The summed E-state index contributed by atoms with van der Waals surface area (Å²) in [6.45, 7) is 0.608. The summed E-state index contributed by atoms with van der Waals surface area (Å²) >= 11 is 3.40. The molecule has 7 nitrogen and oxygen atoms in total. The van der Waals surface area contributed by atoms with Gasteiger partial charge >= 0.3 is 0 Å². The van der Waals surface area contributed by atoms with Gasteiger partial charge in [-0.1, -0.05) is 28.1 Å². The number of amides is 2. The molecule has 2 amide bonds. The summed E-state index contributed by atoms with van der Waals surface area (Å²) < 4.78 is 7.83. The first-order chi connectivity index (χ1) is 15.1. The largest absolute Gasteiger partial charge is 0.467 e. The molecular weight excluding hydrogens is 460 g/mol. The van der Waals surface area contributed by atoms with Crippen LogP contribution in [0.25, 0.3) is 5.69 Å². The van der Waals surface area contributed by atoms with Gasteiger partial charge in [-0.3, -0.25) is 9.59 Å². The molecule has 2 aromatic carbocycles. The van der Waals surface area contributed by atoms with E-state index in [4.69, 9.17) is 4.42 Å². The van der Waals surface area contributed by atoms with Crippen LogP contribution in [0.15, 0.2) is 88.2 Å². The average molecular weight is 479 g/mol. The zero-order valence-electron chi connectivity index (χ0n) is 16.4. The van der Waals surface area contributed by atoms with Crippen LogP contribution in [0.5, 0.6) is 0 Å². The van der Waals surface area contributed by atoms with Crippen LogP contribution >= 0.6 is 15.9 Å². The maximum Gasteiger partial charge on any atom is 0.254 e. The minimum absolute atomic E-state index is 0.208. The molecule has 2 aromatic heterocycles. The molecule has 0 aliphatic carbocycles. The molecule has 2 N–H and O–H groups in total. The fourth-order valence-electron chi connectivity index (χ4n) is 2.96. The fourth-order valence-corrected chi connectivity index (χ4v) is 3.23. The first-order valence-electron chi connectivity index (χ1n) is 9.57. The van der Waals surface area contributed by atoms with Gasteiger partial charge in [-0.25, -0.2) is 4.68 Å². The summed E-state index contributed by atoms with van der Waals surface area (Å²) in [4.78, 5) is 24.9. The molecule has 156 valence electrons. The van der Waals surface area contributed by atoms with Crippen LogP contribution in [0.2, 0.25) is 0 Å². The first-order valence-corrected chi connectivity index (χ1v) is 10.4. The van der Waals surface area contributed by atoms with E-state index in [1.807, 2.05) is 30.3 Å². The molecule has 0 radical (unpaired) electrons. The number of carbonyl (C=O) groups is 2. The summed E-state index contributed by atoms with van der Waals surface area (Å²) in [5, 5.41) is 9.92. The number of furan rings is 1. The highest BCUT2D eigenvalue weighted by Crippen LogP contribution is 2.14. The third kappa shape index (κ3) is 5.29. The monoisotopic (exact) mass is 478 g/mol. The van der Waals surface area contributed by atoms with Crippen LogP contribution < -0.4 is 10.6 Å². The van der Waals surface area contributed by atoms with E-state index in [0.29, 0.717) is 30.0 Å². The summed E-state index contributed by atoms with van der Waals surface area (Å²) in [5.74, 6) is 0.233. The number of benzene rings is 2. The smallest absolute Gasteiger partial charge is 0.254 e. The standard InChI is InChI=1S/C23H19BrN4O3/c24-19-6-8-20(9-7-19)28-15-18(13-27-28)23(30)25-12-16-3-1-4-17(11-16)22(29)26-14-21-5-2-10-31-21/h1-11,13,15H,12,14H2,(H,25,30)(H,26,29). The van der Waals surface area contributed by atoms with Crippen LogP contribution in [0.3, 0.4) is 0 Å². The van der Waals surface area contributed by atoms with Gasteiger partial charge in [0.25, 0.3) is 11.8 Å². The second-order valence-electron chi connectivity index (χ2n) is 6.80. The van der Waals surface area contributed by atoms with E-state index in [0.717, 1.165) is 15.7 Å². The summed E-state index contributed by atoms with van der Waals surface area (Å²) in [6.07, 6.45) is 4.76. The Bertz CT molecular complexity index is 1180. The van der Waals surface area contributed by atoms with Crippen molar-refractivity contribution in [2.45, 2.75) is 13.1 Å². The SMILES string of the molecule is O=C(NCc1cccc(C(=O)NCc2ccco2)c1)c1cnn(-c2ccc(Br)cc2)c1. The van der Waals surface area contributed by atoms with Crippen LogP contribution in [0, 0.1) is 0 Å². The number of carbonyl (C=O) groups excluding carboxylic acids is 2. The lowest BCUT2D eigenvalue weighted by molar-refractivity contribution is 0.0943. The van der Waals surface area contributed by atoms with Gasteiger partial charge in [0.2, 0.25) is 0 Å². The number of hydrogen-bond donors (Lipinski definition) is 2. The quantitative estimate of drug-likeness (QED) is 0.418. The van der Waals surface area contributed by atoms with E-state index in [1.165, 1.54) is 6.20 Å². The molecular formula is C23H19BrN4O3. The van der Waals surface area contributed by atoms with Crippen molar-refractivity contribution in [2.75, 3.05) is 0 Å². The number of nitrogens with zero attached hydrogens (tertiary/aromatic N) is 2. The highest BCUT2D eigenvalue weighted by molar-refractivity contribution is 9.10. The maximum absolute atomic E-state index is 12.5. The Morgan fingerprint density at radius 1 is 0.935 bits per heavy atom. The minimum atomic E-state index is -0.240. The molecule has 4 rings (SSSR count). The topological polar surface area (TPSA) is 89.2 Å². The van der Waals surface area contributed by atoms with Crippen LogP contribution in [-0.4, -0.2) is 21.6 Å². The number of hydrogen-bond acceptors (Lipinski definition) is 4. The Morgan fingerprint density at radius 3 is 2.48 bits per heavy atom. The Balaban J connectivity index is 1.34. The fraction of sp³-hybridized carbons (Fsp3) is 0.0870. The molecule has 0 fully saturated rings. The van der Waals surface area contributed by atoms with Gasteiger partial charge in [-0.05, 0) is 54.1 Å². The van der Waals surface area contributed by atoms with E-state index in [1.54, 1.807) is 47.5 Å². The zero-order chi connectivity index (χ0) is 21.6. The van der Waals surface area contributed by atoms with E-state index < -0.39 is 0 Å².